The highest BCUT2D eigenvalue weighted by molar-refractivity contribution is 7.90. The molecule has 0 aliphatic heterocycles. The third-order valence-corrected chi connectivity index (χ3v) is 5.58. The average Bonchev–Trinajstić information content (AvgIpc) is 3.02. The van der Waals surface area contributed by atoms with Gasteiger partial charge in [0.1, 0.15) is 0 Å². The van der Waals surface area contributed by atoms with Crippen LogP contribution in [-0.4, -0.2) is 25.6 Å². The Hall–Kier alpha value is -2.51. The van der Waals surface area contributed by atoms with Crippen molar-refractivity contribution in [2.75, 3.05) is 11.6 Å². The Bertz CT molecular complexity index is 979. The van der Waals surface area contributed by atoms with Crippen LogP contribution < -0.4 is 5.32 Å². The topological polar surface area (TPSA) is 76.1 Å². The molecule has 0 aliphatic carbocycles. The van der Waals surface area contributed by atoms with Crippen molar-refractivity contribution in [3.63, 3.8) is 0 Å². The van der Waals surface area contributed by atoms with Crippen molar-refractivity contribution < 1.29 is 13.2 Å². The van der Waals surface area contributed by atoms with Gasteiger partial charge >= 0.3 is 0 Å². The van der Waals surface area contributed by atoms with E-state index in [4.69, 9.17) is 0 Å². The summed E-state index contributed by atoms with van der Waals surface area (Å²) in [6.07, 6.45) is 3.64. The first kappa shape index (κ1) is 17.3. The van der Waals surface area contributed by atoms with Gasteiger partial charge in [0.05, 0.1) is 4.90 Å². The number of aromatic nitrogens is 1. The number of benzene rings is 2. The Morgan fingerprint density at radius 3 is 2.40 bits per heavy atom. The zero-order valence-corrected chi connectivity index (χ0v) is 15.1. The van der Waals surface area contributed by atoms with Crippen LogP contribution in [0.4, 0.5) is 5.13 Å². The minimum Gasteiger partial charge on any atom is -0.298 e. The zero-order chi connectivity index (χ0) is 17.9. The van der Waals surface area contributed by atoms with Crippen LogP contribution in [0.1, 0.15) is 20.8 Å². The van der Waals surface area contributed by atoms with Crippen molar-refractivity contribution in [1.82, 2.24) is 4.98 Å². The predicted octanol–water partition coefficient (Wildman–Crippen LogP) is 3.39. The van der Waals surface area contributed by atoms with Gasteiger partial charge in [-0.3, -0.25) is 10.1 Å². The quantitative estimate of drug-likeness (QED) is 0.745. The van der Waals surface area contributed by atoms with E-state index in [9.17, 15) is 13.2 Å². The van der Waals surface area contributed by atoms with Crippen molar-refractivity contribution >= 4 is 32.2 Å². The number of thiazole rings is 1. The van der Waals surface area contributed by atoms with Crippen molar-refractivity contribution in [1.29, 1.82) is 0 Å². The van der Waals surface area contributed by atoms with Crippen molar-refractivity contribution in [2.24, 2.45) is 0 Å². The van der Waals surface area contributed by atoms with Crippen LogP contribution in [0, 0.1) is 0 Å². The standard InChI is InChI=1S/C18H16N2O3S2/c1-25(22,23)16-9-7-14(8-10-16)17(21)20-18-19-12-15(24-18)11-13-5-3-2-4-6-13/h2-10,12H,11H2,1H3,(H,19,20,21). The maximum atomic E-state index is 12.2. The normalized spacial score (nSPS) is 11.2. The van der Waals surface area contributed by atoms with Crippen LogP contribution in [-0.2, 0) is 16.3 Å². The van der Waals surface area contributed by atoms with Crippen molar-refractivity contribution in [3.8, 4) is 0 Å². The van der Waals surface area contributed by atoms with Gasteiger partial charge in [-0.05, 0) is 29.8 Å². The largest absolute Gasteiger partial charge is 0.298 e. The lowest BCUT2D eigenvalue weighted by molar-refractivity contribution is 0.102. The number of hydrogen-bond acceptors (Lipinski definition) is 5. The van der Waals surface area contributed by atoms with E-state index in [-0.39, 0.29) is 10.8 Å². The Labute approximate surface area is 150 Å². The van der Waals surface area contributed by atoms with Gasteiger partial charge < -0.3 is 0 Å². The number of amides is 1. The lowest BCUT2D eigenvalue weighted by Gasteiger charge is -2.03. The fourth-order valence-corrected chi connectivity index (χ4v) is 3.74. The van der Waals surface area contributed by atoms with Gasteiger partial charge in [-0.25, -0.2) is 13.4 Å². The summed E-state index contributed by atoms with van der Waals surface area (Å²) < 4.78 is 22.9. The smallest absolute Gasteiger partial charge is 0.257 e. The number of nitrogens with one attached hydrogen (secondary N) is 1. The number of anilines is 1. The van der Waals surface area contributed by atoms with Crippen molar-refractivity contribution in [3.05, 3.63) is 76.8 Å². The van der Waals surface area contributed by atoms with Crippen LogP contribution in [0.3, 0.4) is 0 Å². The first-order valence-electron chi connectivity index (χ1n) is 7.52. The summed E-state index contributed by atoms with van der Waals surface area (Å²) in [7, 11) is -3.27. The summed E-state index contributed by atoms with van der Waals surface area (Å²) in [5, 5.41) is 3.26. The van der Waals surface area contributed by atoms with E-state index in [0.29, 0.717) is 10.7 Å². The predicted molar refractivity (Wildman–Crippen MR) is 98.9 cm³/mol. The average molecular weight is 372 g/mol. The molecule has 128 valence electrons. The second kappa shape index (κ2) is 7.16. The number of nitrogens with zero attached hydrogens (tertiary/aromatic N) is 1. The second-order valence-corrected chi connectivity index (χ2v) is 8.68. The minimum absolute atomic E-state index is 0.184. The number of carbonyl (C=O) groups excluding carboxylic acids is 1. The molecule has 7 heteroatoms. The summed E-state index contributed by atoms with van der Waals surface area (Å²) in [6, 6.07) is 15.9. The van der Waals surface area contributed by atoms with Gasteiger partial charge in [-0.2, -0.15) is 0 Å². The number of sulfone groups is 1. The van der Waals surface area contributed by atoms with E-state index in [1.54, 1.807) is 6.20 Å². The molecule has 0 spiro atoms. The molecule has 0 radical (unpaired) electrons. The summed E-state index contributed by atoms with van der Waals surface area (Å²) in [6.45, 7) is 0. The molecule has 0 saturated heterocycles. The highest BCUT2D eigenvalue weighted by Crippen LogP contribution is 2.22. The Kier molecular flexibility index (Phi) is 4.96. The highest BCUT2D eigenvalue weighted by Gasteiger charge is 2.12. The Balaban J connectivity index is 1.67. The minimum atomic E-state index is -3.27. The van der Waals surface area contributed by atoms with Gasteiger partial charge in [-0.1, -0.05) is 30.3 Å². The molecule has 3 rings (SSSR count). The monoisotopic (exact) mass is 372 g/mol. The third-order valence-electron chi connectivity index (χ3n) is 3.54. The number of hydrogen-bond donors (Lipinski definition) is 1. The van der Waals surface area contributed by atoms with E-state index in [1.807, 2.05) is 30.3 Å². The van der Waals surface area contributed by atoms with E-state index in [0.717, 1.165) is 17.6 Å². The fourth-order valence-electron chi connectivity index (χ4n) is 2.27. The molecule has 0 bridgehead atoms. The lowest BCUT2D eigenvalue weighted by atomic mass is 10.1. The van der Waals surface area contributed by atoms with Crippen LogP contribution in [0.2, 0.25) is 0 Å². The molecule has 0 aliphatic rings. The summed E-state index contributed by atoms with van der Waals surface area (Å²) in [5.74, 6) is -0.319. The van der Waals surface area contributed by atoms with Gasteiger partial charge in [0.25, 0.3) is 5.91 Å². The molecular weight excluding hydrogens is 356 g/mol. The molecule has 0 fully saturated rings. The van der Waals surface area contributed by atoms with E-state index in [1.165, 1.54) is 41.2 Å². The molecular formula is C18H16N2O3S2. The second-order valence-electron chi connectivity index (χ2n) is 5.54. The highest BCUT2D eigenvalue weighted by atomic mass is 32.2. The van der Waals surface area contributed by atoms with Gasteiger partial charge in [0.2, 0.25) is 0 Å². The van der Waals surface area contributed by atoms with E-state index in [2.05, 4.69) is 10.3 Å². The van der Waals surface area contributed by atoms with Crippen molar-refractivity contribution in [2.45, 2.75) is 11.3 Å². The van der Waals surface area contributed by atoms with Crippen LogP contribution in [0.25, 0.3) is 0 Å². The Morgan fingerprint density at radius 2 is 1.76 bits per heavy atom. The summed E-state index contributed by atoms with van der Waals surface area (Å²) in [5.41, 5.74) is 1.56. The summed E-state index contributed by atoms with van der Waals surface area (Å²) in [4.78, 5) is 17.7. The molecule has 0 saturated carbocycles. The molecule has 0 unspecified atom stereocenters. The van der Waals surface area contributed by atoms with Gasteiger partial charge in [0.15, 0.2) is 15.0 Å². The fraction of sp³-hybridized carbons (Fsp3) is 0.111. The maximum absolute atomic E-state index is 12.2. The third kappa shape index (κ3) is 4.52. The molecule has 1 heterocycles. The molecule has 1 N–H and O–H groups in total. The lowest BCUT2D eigenvalue weighted by Crippen LogP contribution is -2.11. The van der Waals surface area contributed by atoms with Gasteiger partial charge in [0, 0.05) is 29.3 Å². The van der Waals surface area contributed by atoms with Crippen LogP contribution in [0.5, 0.6) is 0 Å². The van der Waals surface area contributed by atoms with Crippen LogP contribution in [0.15, 0.2) is 65.7 Å². The molecule has 5 nitrogen and oxygen atoms in total. The summed E-state index contributed by atoms with van der Waals surface area (Å²) >= 11 is 1.42. The van der Waals surface area contributed by atoms with E-state index >= 15 is 0 Å². The first-order valence-corrected chi connectivity index (χ1v) is 10.2. The molecule has 1 aromatic heterocycles. The molecule has 25 heavy (non-hydrogen) atoms. The SMILES string of the molecule is CS(=O)(=O)c1ccc(C(=O)Nc2ncc(Cc3ccccc3)s2)cc1. The van der Waals surface area contributed by atoms with Gasteiger partial charge in [-0.15, -0.1) is 11.3 Å². The Morgan fingerprint density at radius 1 is 1.08 bits per heavy atom. The molecule has 3 aromatic rings. The molecule has 0 atom stereocenters. The number of carbonyl (C=O) groups is 1. The number of rotatable bonds is 5. The molecule has 1 amide bonds. The van der Waals surface area contributed by atoms with Crippen LogP contribution >= 0.6 is 11.3 Å². The van der Waals surface area contributed by atoms with E-state index < -0.39 is 9.84 Å². The maximum Gasteiger partial charge on any atom is 0.257 e. The first-order chi connectivity index (χ1) is 11.9. The zero-order valence-electron chi connectivity index (χ0n) is 13.5. The molecule has 2 aromatic carbocycles.